The van der Waals surface area contributed by atoms with Crippen molar-refractivity contribution in [2.75, 3.05) is 33.3 Å². The fourth-order valence-electron chi connectivity index (χ4n) is 2.79. The summed E-state index contributed by atoms with van der Waals surface area (Å²) < 4.78 is 5.11. The molecular formula is C22H29N3O3. The van der Waals surface area contributed by atoms with Crippen LogP contribution in [0.2, 0.25) is 0 Å². The Labute approximate surface area is 166 Å². The first-order chi connectivity index (χ1) is 13.6. The van der Waals surface area contributed by atoms with E-state index in [1.54, 1.807) is 31.4 Å². The van der Waals surface area contributed by atoms with Gasteiger partial charge in [0.1, 0.15) is 5.75 Å². The number of amides is 2. The Hall–Kier alpha value is -2.86. The fraction of sp³-hybridized carbons (Fsp3) is 0.364. The van der Waals surface area contributed by atoms with E-state index in [4.69, 9.17) is 4.74 Å². The quantitative estimate of drug-likeness (QED) is 0.619. The van der Waals surface area contributed by atoms with Gasteiger partial charge in [0, 0.05) is 30.8 Å². The molecule has 0 fully saturated rings. The molecule has 2 rings (SSSR count). The van der Waals surface area contributed by atoms with Crippen molar-refractivity contribution in [3.8, 4) is 5.75 Å². The lowest BCUT2D eigenvalue weighted by molar-refractivity contribution is 0.0927. The van der Waals surface area contributed by atoms with Crippen LogP contribution in [0.4, 0.5) is 0 Å². The molecular weight excluding hydrogens is 354 g/mol. The van der Waals surface area contributed by atoms with Crippen LogP contribution in [0.15, 0.2) is 48.5 Å². The minimum absolute atomic E-state index is 0.148. The van der Waals surface area contributed by atoms with Gasteiger partial charge in [-0.15, -0.1) is 0 Å². The SMILES string of the molecule is CCN(CC)Cc1ccc(C(=O)NCCNC(=O)c2cccc(OC)c2)cc1. The van der Waals surface area contributed by atoms with Gasteiger partial charge in [0.25, 0.3) is 11.8 Å². The van der Waals surface area contributed by atoms with Crippen LogP contribution in [0.25, 0.3) is 0 Å². The predicted molar refractivity (Wildman–Crippen MR) is 111 cm³/mol. The predicted octanol–water partition coefficient (Wildman–Crippen LogP) is 2.70. The third-order valence-corrected chi connectivity index (χ3v) is 4.54. The summed E-state index contributed by atoms with van der Waals surface area (Å²) in [5.74, 6) is 0.282. The minimum Gasteiger partial charge on any atom is -0.497 e. The van der Waals surface area contributed by atoms with Gasteiger partial charge in [-0.25, -0.2) is 0 Å². The van der Waals surface area contributed by atoms with Crippen molar-refractivity contribution in [1.82, 2.24) is 15.5 Å². The molecule has 0 aliphatic carbocycles. The highest BCUT2D eigenvalue weighted by molar-refractivity contribution is 5.95. The lowest BCUT2D eigenvalue weighted by atomic mass is 10.1. The highest BCUT2D eigenvalue weighted by Gasteiger charge is 2.08. The van der Waals surface area contributed by atoms with Crippen LogP contribution in [0.3, 0.4) is 0 Å². The number of rotatable bonds is 10. The first-order valence-electron chi connectivity index (χ1n) is 9.59. The van der Waals surface area contributed by atoms with Crippen molar-refractivity contribution in [3.63, 3.8) is 0 Å². The Morgan fingerprint density at radius 2 is 1.50 bits per heavy atom. The molecule has 150 valence electrons. The highest BCUT2D eigenvalue weighted by Crippen LogP contribution is 2.12. The maximum absolute atomic E-state index is 12.2. The van der Waals surface area contributed by atoms with Crippen LogP contribution in [0.1, 0.15) is 40.1 Å². The number of nitrogens with one attached hydrogen (secondary N) is 2. The molecule has 2 amide bonds. The molecule has 0 unspecified atom stereocenters. The van der Waals surface area contributed by atoms with Crippen molar-refractivity contribution < 1.29 is 14.3 Å². The molecule has 28 heavy (non-hydrogen) atoms. The van der Waals surface area contributed by atoms with Crippen LogP contribution in [-0.2, 0) is 6.54 Å². The van der Waals surface area contributed by atoms with Gasteiger partial charge in [-0.2, -0.15) is 0 Å². The molecule has 0 spiro atoms. The lowest BCUT2D eigenvalue weighted by Crippen LogP contribution is -2.34. The number of benzene rings is 2. The minimum atomic E-state index is -0.200. The summed E-state index contributed by atoms with van der Waals surface area (Å²) in [6, 6.07) is 14.6. The van der Waals surface area contributed by atoms with Gasteiger partial charge in [0.15, 0.2) is 0 Å². The zero-order valence-corrected chi connectivity index (χ0v) is 16.8. The lowest BCUT2D eigenvalue weighted by Gasteiger charge is -2.18. The first-order valence-corrected chi connectivity index (χ1v) is 9.59. The summed E-state index contributed by atoms with van der Waals surface area (Å²) >= 11 is 0. The number of methoxy groups -OCH3 is 1. The second kappa shape index (κ2) is 11.1. The Bertz CT molecular complexity index is 771. The first kappa shape index (κ1) is 21.4. The maximum Gasteiger partial charge on any atom is 0.251 e. The van der Waals surface area contributed by atoms with E-state index in [-0.39, 0.29) is 11.8 Å². The molecule has 0 aromatic heterocycles. The van der Waals surface area contributed by atoms with E-state index in [9.17, 15) is 9.59 Å². The molecule has 0 radical (unpaired) electrons. The third kappa shape index (κ3) is 6.39. The number of hydrogen-bond acceptors (Lipinski definition) is 4. The van der Waals surface area contributed by atoms with Crippen molar-refractivity contribution in [3.05, 3.63) is 65.2 Å². The molecule has 0 aliphatic rings. The Balaban J connectivity index is 1.76. The van der Waals surface area contributed by atoms with Crippen molar-refractivity contribution in [2.24, 2.45) is 0 Å². The highest BCUT2D eigenvalue weighted by atomic mass is 16.5. The summed E-state index contributed by atoms with van der Waals surface area (Å²) in [7, 11) is 1.56. The second-order valence-electron chi connectivity index (χ2n) is 6.40. The average molecular weight is 383 g/mol. The number of hydrogen-bond donors (Lipinski definition) is 2. The standard InChI is InChI=1S/C22H29N3O3/c1-4-25(5-2)16-17-9-11-18(12-10-17)21(26)23-13-14-24-22(27)19-7-6-8-20(15-19)28-3/h6-12,15H,4-5,13-14,16H2,1-3H3,(H,23,26)(H,24,27). The van der Waals surface area contributed by atoms with E-state index in [1.165, 1.54) is 5.56 Å². The van der Waals surface area contributed by atoms with Gasteiger partial charge in [0.2, 0.25) is 0 Å². The van der Waals surface area contributed by atoms with E-state index in [0.29, 0.717) is 30.0 Å². The smallest absolute Gasteiger partial charge is 0.251 e. The van der Waals surface area contributed by atoms with Crippen LogP contribution in [0.5, 0.6) is 5.75 Å². The maximum atomic E-state index is 12.2. The van der Waals surface area contributed by atoms with E-state index in [0.717, 1.165) is 19.6 Å². The summed E-state index contributed by atoms with van der Waals surface area (Å²) in [5.41, 5.74) is 2.32. The number of ether oxygens (including phenoxy) is 1. The van der Waals surface area contributed by atoms with Gasteiger partial charge in [-0.1, -0.05) is 32.0 Å². The molecule has 2 aromatic rings. The summed E-state index contributed by atoms with van der Waals surface area (Å²) in [6.45, 7) is 7.86. The monoisotopic (exact) mass is 383 g/mol. The van der Waals surface area contributed by atoms with Gasteiger partial charge in [-0.3, -0.25) is 14.5 Å². The molecule has 0 saturated heterocycles. The molecule has 0 bridgehead atoms. The van der Waals surface area contributed by atoms with E-state index >= 15 is 0 Å². The normalized spacial score (nSPS) is 10.6. The molecule has 6 nitrogen and oxygen atoms in total. The van der Waals surface area contributed by atoms with Gasteiger partial charge in [-0.05, 0) is 49.0 Å². The fourth-order valence-corrected chi connectivity index (χ4v) is 2.79. The van der Waals surface area contributed by atoms with Gasteiger partial charge in [0.05, 0.1) is 7.11 Å². The van der Waals surface area contributed by atoms with Crippen molar-refractivity contribution in [1.29, 1.82) is 0 Å². The number of carbonyl (C=O) groups excluding carboxylic acids is 2. The summed E-state index contributed by atoms with van der Waals surface area (Å²) in [6.07, 6.45) is 0. The molecule has 0 aliphatic heterocycles. The Morgan fingerprint density at radius 1 is 0.893 bits per heavy atom. The van der Waals surface area contributed by atoms with E-state index < -0.39 is 0 Å². The zero-order valence-electron chi connectivity index (χ0n) is 16.8. The van der Waals surface area contributed by atoms with E-state index in [2.05, 4.69) is 29.4 Å². The van der Waals surface area contributed by atoms with Crippen molar-refractivity contribution >= 4 is 11.8 Å². The molecule has 0 saturated carbocycles. The average Bonchev–Trinajstić information content (AvgIpc) is 2.75. The summed E-state index contributed by atoms with van der Waals surface area (Å²) in [5, 5.41) is 5.61. The molecule has 2 aromatic carbocycles. The molecule has 2 N–H and O–H groups in total. The second-order valence-corrected chi connectivity index (χ2v) is 6.40. The Kier molecular flexibility index (Phi) is 8.49. The van der Waals surface area contributed by atoms with Gasteiger partial charge < -0.3 is 15.4 Å². The summed E-state index contributed by atoms with van der Waals surface area (Å²) in [4.78, 5) is 26.7. The topological polar surface area (TPSA) is 70.7 Å². The zero-order chi connectivity index (χ0) is 20.4. The number of nitrogens with zero attached hydrogens (tertiary/aromatic N) is 1. The molecule has 0 heterocycles. The van der Waals surface area contributed by atoms with Crippen LogP contribution in [0, 0.1) is 0 Å². The van der Waals surface area contributed by atoms with Crippen LogP contribution >= 0.6 is 0 Å². The van der Waals surface area contributed by atoms with Crippen LogP contribution in [-0.4, -0.2) is 50.0 Å². The molecule has 6 heteroatoms. The Morgan fingerprint density at radius 3 is 2.07 bits per heavy atom. The van der Waals surface area contributed by atoms with Crippen LogP contribution < -0.4 is 15.4 Å². The third-order valence-electron chi connectivity index (χ3n) is 4.54. The number of carbonyl (C=O) groups is 2. The molecule has 0 atom stereocenters. The largest absolute Gasteiger partial charge is 0.497 e. The van der Waals surface area contributed by atoms with Crippen molar-refractivity contribution in [2.45, 2.75) is 20.4 Å². The van der Waals surface area contributed by atoms with E-state index in [1.807, 2.05) is 24.3 Å². The van der Waals surface area contributed by atoms with Gasteiger partial charge >= 0.3 is 0 Å².